The van der Waals surface area contributed by atoms with Gasteiger partial charge in [-0.25, -0.2) is 18.1 Å². The van der Waals surface area contributed by atoms with E-state index >= 15 is 0 Å². The van der Waals surface area contributed by atoms with Gasteiger partial charge in [-0.3, -0.25) is 0 Å². The van der Waals surface area contributed by atoms with Gasteiger partial charge in [0.2, 0.25) is 10.0 Å². The number of benzene rings is 2. The van der Waals surface area contributed by atoms with E-state index in [0.29, 0.717) is 0 Å². The number of halogens is 2. The summed E-state index contributed by atoms with van der Waals surface area (Å²) in [5.74, 6) is 0.977. The molecule has 0 bridgehead atoms. The molecule has 0 spiro atoms. The van der Waals surface area contributed by atoms with Gasteiger partial charge < -0.3 is 14.9 Å². The van der Waals surface area contributed by atoms with Crippen molar-refractivity contribution >= 4 is 51.4 Å². The zero-order valence-corrected chi connectivity index (χ0v) is 20.9. The predicted octanol–water partition coefficient (Wildman–Crippen LogP) is 3.16. The molecule has 33 heavy (non-hydrogen) atoms. The number of hydrogen-bond acceptors (Lipinski definition) is 6. The molecule has 180 valence electrons. The molecular weight excluding hydrogens is 483 g/mol. The normalized spacial score (nSPS) is 14.5. The summed E-state index contributed by atoms with van der Waals surface area (Å²) in [4.78, 5) is 9.94. The Balaban J connectivity index is 0.00000193. The lowest BCUT2D eigenvalue weighted by atomic mass is 10.1. The Morgan fingerprint density at radius 2 is 1.67 bits per heavy atom. The molecule has 2 aromatic carbocycles. The summed E-state index contributed by atoms with van der Waals surface area (Å²) in [6, 6.07) is 17.0. The largest absolute Gasteiger partial charge is 0.395 e. The summed E-state index contributed by atoms with van der Waals surface area (Å²) in [7, 11) is -3.63. The zero-order chi connectivity index (χ0) is 21.8. The van der Waals surface area contributed by atoms with Crippen LogP contribution in [0.5, 0.6) is 0 Å². The van der Waals surface area contributed by atoms with E-state index in [9.17, 15) is 8.42 Å². The lowest BCUT2D eigenvalue weighted by molar-refractivity contribution is 0.271. The molecular formula is C23H30Cl2N4O3S. The second-order valence-corrected chi connectivity index (χ2v) is 9.39. The highest BCUT2D eigenvalue weighted by molar-refractivity contribution is 7.89. The second-order valence-electron chi connectivity index (χ2n) is 7.62. The molecule has 0 atom stereocenters. The third kappa shape index (κ3) is 6.15. The van der Waals surface area contributed by atoms with Gasteiger partial charge in [0.25, 0.3) is 0 Å². The number of nitrogens with zero attached hydrogens (tertiary/aromatic N) is 3. The number of pyridine rings is 1. The van der Waals surface area contributed by atoms with Crippen LogP contribution in [0.2, 0.25) is 0 Å². The van der Waals surface area contributed by atoms with Crippen LogP contribution < -0.4 is 9.62 Å². The Morgan fingerprint density at radius 1 is 1.00 bits per heavy atom. The molecule has 0 amide bonds. The van der Waals surface area contributed by atoms with Crippen LogP contribution in [-0.4, -0.2) is 69.3 Å². The number of aromatic nitrogens is 1. The molecule has 0 saturated carbocycles. The quantitative estimate of drug-likeness (QED) is 0.505. The first-order chi connectivity index (χ1) is 15.0. The van der Waals surface area contributed by atoms with Gasteiger partial charge in [-0.15, -0.1) is 24.8 Å². The van der Waals surface area contributed by atoms with E-state index in [2.05, 4.69) is 39.6 Å². The molecule has 10 heteroatoms. The van der Waals surface area contributed by atoms with Crippen LogP contribution in [0, 0.1) is 0 Å². The third-order valence-electron chi connectivity index (χ3n) is 5.70. The maximum Gasteiger partial charge on any atom is 0.240 e. The zero-order valence-electron chi connectivity index (χ0n) is 18.5. The van der Waals surface area contributed by atoms with Crippen molar-refractivity contribution in [3.8, 4) is 11.3 Å². The van der Waals surface area contributed by atoms with Gasteiger partial charge in [-0.1, -0.05) is 43.3 Å². The SMILES string of the molecule is CCN1CCN(c2nc(-c3ccc(S(=O)(=O)NCCO)cc3)cc3ccccc23)CC1.Cl.Cl. The number of fused-ring (bicyclic) bond motifs is 1. The summed E-state index contributed by atoms with van der Waals surface area (Å²) >= 11 is 0. The van der Waals surface area contributed by atoms with E-state index < -0.39 is 10.0 Å². The lowest BCUT2D eigenvalue weighted by Gasteiger charge is -2.35. The minimum absolute atomic E-state index is 0. The number of piperazine rings is 1. The van der Waals surface area contributed by atoms with Crippen molar-refractivity contribution in [2.45, 2.75) is 11.8 Å². The molecule has 2 N–H and O–H groups in total. The fourth-order valence-corrected chi connectivity index (χ4v) is 4.93. The van der Waals surface area contributed by atoms with Gasteiger partial charge in [0.05, 0.1) is 17.2 Å². The van der Waals surface area contributed by atoms with Gasteiger partial charge in [-0.2, -0.15) is 0 Å². The topological polar surface area (TPSA) is 85.8 Å². The van der Waals surface area contributed by atoms with Gasteiger partial charge in [0.1, 0.15) is 5.82 Å². The van der Waals surface area contributed by atoms with Gasteiger partial charge in [0, 0.05) is 43.7 Å². The first kappa shape index (κ1) is 27.3. The number of rotatable bonds is 7. The van der Waals surface area contributed by atoms with E-state index in [0.717, 1.165) is 60.6 Å². The maximum atomic E-state index is 12.3. The molecule has 1 fully saturated rings. The first-order valence-electron chi connectivity index (χ1n) is 10.6. The number of sulfonamides is 1. The molecule has 3 aromatic rings. The van der Waals surface area contributed by atoms with Crippen LogP contribution in [0.1, 0.15) is 6.92 Å². The van der Waals surface area contributed by atoms with Crippen molar-refractivity contribution in [3.63, 3.8) is 0 Å². The monoisotopic (exact) mass is 512 g/mol. The van der Waals surface area contributed by atoms with Crippen LogP contribution in [0.25, 0.3) is 22.0 Å². The van der Waals surface area contributed by atoms with Crippen molar-refractivity contribution in [1.82, 2.24) is 14.6 Å². The Labute approximate surface area is 207 Å². The van der Waals surface area contributed by atoms with Gasteiger partial charge >= 0.3 is 0 Å². The molecule has 4 rings (SSSR count). The van der Waals surface area contributed by atoms with Crippen molar-refractivity contribution in [1.29, 1.82) is 0 Å². The van der Waals surface area contributed by atoms with Gasteiger partial charge in [0.15, 0.2) is 0 Å². The van der Waals surface area contributed by atoms with Crippen LogP contribution >= 0.6 is 24.8 Å². The second kappa shape index (κ2) is 12.0. The van der Waals surface area contributed by atoms with E-state index in [1.807, 2.05) is 12.1 Å². The number of anilines is 1. The predicted molar refractivity (Wildman–Crippen MR) is 138 cm³/mol. The molecule has 0 radical (unpaired) electrons. The summed E-state index contributed by atoms with van der Waals surface area (Å²) in [5, 5.41) is 11.1. The Morgan fingerprint density at radius 3 is 2.30 bits per heavy atom. The number of aliphatic hydroxyl groups is 1. The highest BCUT2D eigenvalue weighted by Crippen LogP contribution is 2.31. The summed E-state index contributed by atoms with van der Waals surface area (Å²) in [5.41, 5.74) is 1.68. The van der Waals surface area contributed by atoms with Crippen molar-refractivity contribution in [2.24, 2.45) is 0 Å². The maximum absolute atomic E-state index is 12.3. The minimum atomic E-state index is -3.63. The molecule has 2 heterocycles. The molecule has 0 aliphatic carbocycles. The Kier molecular flexibility index (Phi) is 9.90. The molecule has 1 aliphatic rings. The molecule has 1 aliphatic heterocycles. The van der Waals surface area contributed by atoms with E-state index in [1.165, 1.54) is 0 Å². The van der Waals surface area contributed by atoms with Crippen LogP contribution in [0.4, 0.5) is 5.82 Å². The lowest BCUT2D eigenvalue weighted by Crippen LogP contribution is -2.46. The molecule has 7 nitrogen and oxygen atoms in total. The smallest absolute Gasteiger partial charge is 0.240 e. The van der Waals surface area contributed by atoms with Crippen LogP contribution in [-0.2, 0) is 10.0 Å². The summed E-state index contributed by atoms with van der Waals surface area (Å²) in [6.07, 6.45) is 0. The molecule has 1 saturated heterocycles. The van der Waals surface area contributed by atoms with Crippen LogP contribution in [0.3, 0.4) is 0 Å². The number of nitrogens with one attached hydrogen (secondary N) is 1. The number of aliphatic hydroxyl groups excluding tert-OH is 1. The third-order valence-corrected chi connectivity index (χ3v) is 7.18. The summed E-state index contributed by atoms with van der Waals surface area (Å²) in [6.45, 7) is 6.90. The summed E-state index contributed by atoms with van der Waals surface area (Å²) < 4.78 is 26.9. The number of likely N-dealkylation sites (N-methyl/N-ethyl adjacent to an activating group) is 1. The highest BCUT2D eigenvalue weighted by Gasteiger charge is 2.20. The average molecular weight is 513 g/mol. The van der Waals surface area contributed by atoms with Crippen LogP contribution in [0.15, 0.2) is 59.5 Å². The molecule has 0 unspecified atom stereocenters. The van der Waals surface area contributed by atoms with E-state index in [1.54, 1.807) is 24.3 Å². The first-order valence-corrected chi connectivity index (χ1v) is 12.1. The van der Waals surface area contributed by atoms with E-state index in [-0.39, 0.29) is 42.9 Å². The Hall–Kier alpha value is -1.94. The number of hydrogen-bond donors (Lipinski definition) is 2. The van der Waals surface area contributed by atoms with E-state index in [4.69, 9.17) is 10.1 Å². The minimum Gasteiger partial charge on any atom is -0.395 e. The van der Waals surface area contributed by atoms with Crippen molar-refractivity contribution < 1.29 is 13.5 Å². The standard InChI is InChI=1S/C23H28N4O3S.2ClH/c1-2-26-12-14-27(15-13-26)23-21-6-4-3-5-19(21)17-22(25-23)18-7-9-20(10-8-18)31(29,30)24-11-16-28;;/h3-10,17,24,28H,2,11-16H2,1H3;2*1H. The average Bonchev–Trinajstić information content (AvgIpc) is 2.82. The fourth-order valence-electron chi connectivity index (χ4n) is 3.91. The highest BCUT2D eigenvalue weighted by atomic mass is 35.5. The Bertz CT molecular complexity index is 1150. The van der Waals surface area contributed by atoms with Crippen molar-refractivity contribution in [3.05, 3.63) is 54.6 Å². The molecule has 1 aromatic heterocycles. The fraction of sp³-hybridized carbons (Fsp3) is 0.348. The van der Waals surface area contributed by atoms with Crippen molar-refractivity contribution in [2.75, 3.05) is 50.8 Å². The van der Waals surface area contributed by atoms with Gasteiger partial charge in [-0.05, 0) is 30.1 Å².